The van der Waals surface area contributed by atoms with Crippen LogP contribution in [0.25, 0.3) is 0 Å². The van der Waals surface area contributed by atoms with E-state index in [1.54, 1.807) is 0 Å². The van der Waals surface area contributed by atoms with Crippen LogP contribution in [-0.2, 0) is 9.53 Å². The van der Waals surface area contributed by atoms with E-state index in [4.69, 9.17) is 4.74 Å². The Balaban J connectivity index is 1.49. The maximum atomic E-state index is 11.8. The van der Waals surface area contributed by atoms with Crippen molar-refractivity contribution in [2.24, 2.45) is 5.92 Å². The molecule has 0 aromatic carbocycles. The molecule has 2 atom stereocenters. The topological polar surface area (TPSA) is 53.6 Å². The molecule has 0 bridgehead atoms. The number of morpholine rings is 1. The van der Waals surface area contributed by atoms with Gasteiger partial charge in [-0.3, -0.25) is 4.79 Å². The van der Waals surface area contributed by atoms with Gasteiger partial charge in [-0.1, -0.05) is 6.92 Å². The third kappa shape index (κ3) is 5.38. The second-order valence-corrected chi connectivity index (χ2v) is 6.13. The Hall–Kier alpha value is -0.650. The number of likely N-dealkylation sites (tertiary alicyclic amines) is 1. The monoisotopic (exact) mass is 283 g/mol. The molecule has 2 N–H and O–H groups in total. The quantitative estimate of drug-likeness (QED) is 0.701. The number of unbranched alkanes of at least 4 members (excludes halogenated alkanes) is 1. The molecule has 0 saturated carbocycles. The fourth-order valence-corrected chi connectivity index (χ4v) is 3.02. The number of rotatable bonds is 6. The third-order valence-electron chi connectivity index (χ3n) is 4.18. The van der Waals surface area contributed by atoms with E-state index in [2.05, 4.69) is 22.5 Å². The summed E-state index contributed by atoms with van der Waals surface area (Å²) < 4.78 is 5.29. The summed E-state index contributed by atoms with van der Waals surface area (Å²) in [5.41, 5.74) is 0. The number of amides is 1. The number of carbonyl (C=O) groups is 1. The summed E-state index contributed by atoms with van der Waals surface area (Å²) in [6, 6.07) is -0.160. The third-order valence-corrected chi connectivity index (χ3v) is 4.18. The van der Waals surface area contributed by atoms with Gasteiger partial charge in [0, 0.05) is 19.6 Å². The van der Waals surface area contributed by atoms with Gasteiger partial charge in [0.05, 0.1) is 13.2 Å². The molecule has 20 heavy (non-hydrogen) atoms. The van der Waals surface area contributed by atoms with Crippen LogP contribution in [0.5, 0.6) is 0 Å². The van der Waals surface area contributed by atoms with Crippen LogP contribution in [0.4, 0.5) is 0 Å². The Labute approximate surface area is 122 Å². The maximum Gasteiger partial charge on any atom is 0.239 e. The van der Waals surface area contributed by atoms with Crippen molar-refractivity contribution in [3.05, 3.63) is 0 Å². The van der Waals surface area contributed by atoms with Crippen molar-refractivity contribution in [2.75, 3.05) is 45.9 Å². The molecule has 116 valence electrons. The minimum absolute atomic E-state index is 0.0799. The fourth-order valence-electron chi connectivity index (χ4n) is 3.02. The van der Waals surface area contributed by atoms with Gasteiger partial charge in [0.1, 0.15) is 6.04 Å². The van der Waals surface area contributed by atoms with Crippen LogP contribution in [-0.4, -0.2) is 62.8 Å². The molecule has 0 spiro atoms. The lowest BCUT2D eigenvalue weighted by molar-refractivity contribution is -0.125. The normalized spacial score (nSPS) is 28.2. The first-order chi connectivity index (χ1) is 9.75. The second kappa shape index (κ2) is 8.60. The summed E-state index contributed by atoms with van der Waals surface area (Å²) in [6.07, 6.45) is 4.94. The molecule has 2 unspecified atom stereocenters. The van der Waals surface area contributed by atoms with Crippen molar-refractivity contribution in [3.63, 3.8) is 0 Å². The first-order valence-electron chi connectivity index (χ1n) is 8.07. The van der Waals surface area contributed by atoms with E-state index in [-0.39, 0.29) is 11.9 Å². The number of carbonyl (C=O) groups excluding carboxylic acids is 1. The number of nitrogens with one attached hydrogen (secondary N) is 2. The van der Waals surface area contributed by atoms with Gasteiger partial charge in [-0.15, -0.1) is 0 Å². The highest BCUT2D eigenvalue weighted by Crippen LogP contribution is 2.15. The molecular formula is C15H29N3O2. The lowest BCUT2D eigenvalue weighted by atomic mass is 10.0. The van der Waals surface area contributed by atoms with Crippen LogP contribution >= 0.6 is 0 Å². The largest absolute Gasteiger partial charge is 0.378 e. The molecule has 0 aromatic heterocycles. The zero-order valence-corrected chi connectivity index (χ0v) is 12.7. The van der Waals surface area contributed by atoms with Crippen molar-refractivity contribution >= 4 is 5.91 Å². The number of nitrogens with zero attached hydrogens (tertiary/aromatic N) is 1. The number of ether oxygens (including phenoxy) is 1. The van der Waals surface area contributed by atoms with Gasteiger partial charge in [0.15, 0.2) is 0 Å². The Morgan fingerprint density at radius 3 is 3.10 bits per heavy atom. The van der Waals surface area contributed by atoms with Crippen molar-refractivity contribution in [1.29, 1.82) is 0 Å². The predicted octanol–water partition coefficient (Wildman–Crippen LogP) is 0.603. The minimum atomic E-state index is -0.160. The van der Waals surface area contributed by atoms with E-state index in [9.17, 15) is 4.79 Å². The summed E-state index contributed by atoms with van der Waals surface area (Å²) >= 11 is 0. The molecule has 2 heterocycles. The van der Waals surface area contributed by atoms with Crippen LogP contribution in [0.1, 0.15) is 32.6 Å². The SMILES string of the molecule is CC1CCCN(CCCCNC(=O)C2COCCN2)C1. The van der Waals surface area contributed by atoms with Gasteiger partial charge in [-0.05, 0) is 44.7 Å². The smallest absolute Gasteiger partial charge is 0.239 e. The molecule has 2 aliphatic heterocycles. The van der Waals surface area contributed by atoms with Gasteiger partial charge in [-0.2, -0.15) is 0 Å². The molecule has 0 aliphatic carbocycles. The Morgan fingerprint density at radius 2 is 2.35 bits per heavy atom. The summed E-state index contributed by atoms with van der Waals surface area (Å²) in [5, 5.41) is 6.17. The lowest BCUT2D eigenvalue weighted by Gasteiger charge is -2.30. The average Bonchev–Trinajstić information content (AvgIpc) is 2.48. The molecular weight excluding hydrogens is 254 g/mol. The van der Waals surface area contributed by atoms with Gasteiger partial charge >= 0.3 is 0 Å². The predicted molar refractivity (Wildman–Crippen MR) is 79.7 cm³/mol. The van der Waals surface area contributed by atoms with Gasteiger partial charge < -0.3 is 20.3 Å². The standard InChI is InChI=1S/C15H29N3O2/c1-13-5-4-9-18(11-13)8-3-2-6-17-15(19)14-12-20-10-7-16-14/h13-14,16H,2-12H2,1H3,(H,17,19). The zero-order chi connectivity index (χ0) is 14.2. The van der Waals surface area contributed by atoms with Crippen molar-refractivity contribution < 1.29 is 9.53 Å². The Kier molecular flexibility index (Phi) is 6.76. The van der Waals surface area contributed by atoms with E-state index < -0.39 is 0 Å². The van der Waals surface area contributed by atoms with Crippen LogP contribution in [0.2, 0.25) is 0 Å². The molecule has 5 heteroatoms. The maximum absolute atomic E-state index is 11.8. The van der Waals surface area contributed by atoms with E-state index in [0.29, 0.717) is 13.2 Å². The molecule has 2 fully saturated rings. The second-order valence-electron chi connectivity index (χ2n) is 6.13. The van der Waals surface area contributed by atoms with E-state index in [1.807, 2.05) is 0 Å². The molecule has 2 saturated heterocycles. The van der Waals surface area contributed by atoms with E-state index in [1.165, 1.54) is 38.9 Å². The van der Waals surface area contributed by atoms with Crippen molar-refractivity contribution in [1.82, 2.24) is 15.5 Å². The minimum Gasteiger partial charge on any atom is -0.378 e. The zero-order valence-electron chi connectivity index (χ0n) is 12.7. The van der Waals surface area contributed by atoms with E-state index >= 15 is 0 Å². The Morgan fingerprint density at radius 1 is 1.45 bits per heavy atom. The number of piperidine rings is 1. The highest BCUT2D eigenvalue weighted by Gasteiger charge is 2.20. The molecule has 5 nitrogen and oxygen atoms in total. The molecule has 1 amide bonds. The summed E-state index contributed by atoms with van der Waals surface area (Å²) in [4.78, 5) is 14.4. The summed E-state index contributed by atoms with van der Waals surface area (Å²) in [5.74, 6) is 0.928. The van der Waals surface area contributed by atoms with Gasteiger partial charge in [0.25, 0.3) is 0 Å². The molecule has 2 aliphatic rings. The fraction of sp³-hybridized carbons (Fsp3) is 0.933. The molecule has 0 radical (unpaired) electrons. The first kappa shape index (κ1) is 15.7. The van der Waals surface area contributed by atoms with Crippen LogP contribution < -0.4 is 10.6 Å². The summed E-state index contributed by atoms with van der Waals surface area (Å²) in [7, 11) is 0. The summed E-state index contributed by atoms with van der Waals surface area (Å²) in [6.45, 7) is 8.76. The Bertz CT molecular complexity index is 293. The average molecular weight is 283 g/mol. The van der Waals surface area contributed by atoms with Crippen LogP contribution in [0, 0.1) is 5.92 Å². The van der Waals surface area contributed by atoms with Crippen molar-refractivity contribution in [2.45, 2.75) is 38.6 Å². The van der Waals surface area contributed by atoms with Gasteiger partial charge in [-0.25, -0.2) is 0 Å². The van der Waals surface area contributed by atoms with Crippen molar-refractivity contribution in [3.8, 4) is 0 Å². The highest BCUT2D eigenvalue weighted by molar-refractivity contribution is 5.81. The first-order valence-corrected chi connectivity index (χ1v) is 8.07. The number of hydrogen-bond donors (Lipinski definition) is 2. The molecule has 2 rings (SSSR count). The lowest BCUT2D eigenvalue weighted by Crippen LogP contribution is -2.51. The van der Waals surface area contributed by atoms with E-state index in [0.717, 1.165) is 25.4 Å². The van der Waals surface area contributed by atoms with Crippen LogP contribution in [0.15, 0.2) is 0 Å². The van der Waals surface area contributed by atoms with Gasteiger partial charge in [0.2, 0.25) is 5.91 Å². The number of hydrogen-bond acceptors (Lipinski definition) is 4. The van der Waals surface area contributed by atoms with Crippen LogP contribution in [0.3, 0.4) is 0 Å². The molecule has 0 aromatic rings. The highest BCUT2D eigenvalue weighted by atomic mass is 16.5.